The van der Waals surface area contributed by atoms with Crippen LogP contribution in [-0.2, 0) is 9.84 Å². The van der Waals surface area contributed by atoms with E-state index in [9.17, 15) is 13.7 Å². The van der Waals surface area contributed by atoms with Gasteiger partial charge in [0.25, 0.3) is 0 Å². The second-order valence-corrected chi connectivity index (χ2v) is 18.5. The molecule has 0 amide bonds. The molecule has 10 unspecified atom stereocenters. The Morgan fingerprint density at radius 1 is 1.19 bits per heavy atom. The summed E-state index contributed by atoms with van der Waals surface area (Å²) in [5.41, 5.74) is 8.07. The first-order valence-electron chi connectivity index (χ1n) is 15.6. The minimum Gasteiger partial charge on any atom is -0.383 e. The number of thioether (sulfide) groups is 1. The summed E-state index contributed by atoms with van der Waals surface area (Å²) in [6.45, 7) is 4.74. The highest BCUT2D eigenvalue weighted by Crippen LogP contribution is 2.54. The molecule has 0 radical (unpaired) electrons. The van der Waals surface area contributed by atoms with Gasteiger partial charge in [-0.1, -0.05) is 53.9 Å². The van der Waals surface area contributed by atoms with Gasteiger partial charge in [-0.25, -0.2) is 13.1 Å². The van der Waals surface area contributed by atoms with Crippen molar-refractivity contribution in [3.63, 3.8) is 0 Å². The zero-order chi connectivity index (χ0) is 29.8. The summed E-state index contributed by atoms with van der Waals surface area (Å²) in [7, 11) is -3.40. The number of rotatable bonds is 7. The van der Waals surface area contributed by atoms with Crippen LogP contribution in [0.15, 0.2) is 24.3 Å². The lowest BCUT2D eigenvalue weighted by atomic mass is 9.64. The van der Waals surface area contributed by atoms with Crippen molar-refractivity contribution in [2.24, 2.45) is 35.5 Å². The van der Waals surface area contributed by atoms with Crippen molar-refractivity contribution in [3.8, 4) is 11.8 Å². The number of sulfone groups is 1. The minimum atomic E-state index is -3.40. The van der Waals surface area contributed by atoms with E-state index in [-0.39, 0.29) is 27.9 Å². The van der Waals surface area contributed by atoms with Crippen LogP contribution in [0.25, 0.3) is 5.69 Å². The first-order valence-corrected chi connectivity index (χ1v) is 19.7. The number of hydrogen-bond acceptors (Lipinski definition) is 6. The third kappa shape index (κ3) is 5.91. The molecule has 4 fully saturated rings. The van der Waals surface area contributed by atoms with Crippen LogP contribution in [0.2, 0.25) is 5.02 Å². The Kier molecular flexibility index (Phi) is 9.01. The third-order valence-electron chi connectivity index (χ3n) is 11.0. The first kappa shape index (κ1) is 30.8. The number of anilines is 1. The normalized spacial score (nSPS) is 35.4. The molecule has 1 aromatic heterocycles. The van der Waals surface area contributed by atoms with Crippen molar-refractivity contribution in [2.45, 2.75) is 86.5 Å². The van der Waals surface area contributed by atoms with Gasteiger partial charge in [-0.3, -0.25) is 0 Å². The standard InChI is InChI=1S/C32H42BrClN4O2S2/c1-3-25-26-10-8-20-13-24(9-7-19(20)12-21(26)11-18(2)31(25)33)42(39,40)17-27(29-16-41-29)30-28(15-35)37-38(32(30)36)23-6-4-5-22(34)14-23/h4-6,14,18-21,24-27,29,31H,3,7-13,16-17,36H2,1-2H3. The zero-order valence-corrected chi connectivity index (χ0v) is 28.4. The average Bonchev–Trinajstić information content (AvgIpc) is 3.77. The summed E-state index contributed by atoms with van der Waals surface area (Å²) in [5, 5.41) is 14.9. The van der Waals surface area contributed by atoms with Crippen LogP contribution >= 0.6 is 39.3 Å². The van der Waals surface area contributed by atoms with Crippen LogP contribution in [0.1, 0.15) is 82.4 Å². The number of hydrogen-bond donors (Lipinski definition) is 1. The molecule has 2 N–H and O–H groups in total. The van der Waals surface area contributed by atoms with Gasteiger partial charge in [0.15, 0.2) is 15.5 Å². The SMILES string of the molecule is CCC1C(Br)C(C)CC2CC3CCC(S(=O)(=O)CC(c4c(C#N)nn(-c5cccc(Cl)c5)c4N)C4CS4)CC3CCC21. The smallest absolute Gasteiger partial charge is 0.168 e. The molecule has 6 rings (SSSR count). The highest BCUT2D eigenvalue weighted by Gasteiger charge is 2.48. The Morgan fingerprint density at radius 2 is 1.93 bits per heavy atom. The molecular formula is C32H42BrClN4O2S2. The van der Waals surface area contributed by atoms with Crippen molar-refractivity contribution in [2.75, 3.05) is 17.2 Å². The molecule has 10 atom stereocenters. The van der Waals surface area contributed by atoms with E-state index in [2.05, 4.69) is 40.9 Å². The molecule has 6 nitrogen and oxygen atoms in total. The van der Waals surface area contributed by atoms with Gasteiger partial charge in [0.05, 0.1) is 16.7 Å². The molecule has 0 spiro atoms. The minimum absolute atomic E-state index is 0.0266. The Morgan fingerprint density at radius 3 is 2.62 bits per heavy atom. The van der Waals surface area contributed by atoms with Gasteiger partial charge >= 0.3 is 0 Å². The predicted molar refractivity (Wildman–Crippen MR) is 176 cm³/mol. The summed E-state index contributed by atoms with van der Waals surface area (Å²) in [6, 6.07) is 9.36. The Bertz CT molecular complexity index is 1450. The van der Waals surface area contributed by atoms with E-state index in [1.165, 1.54) is 30.4 Å². The summed E-state index contributed by atoms with van der Waals surface area (Å²) in [5.74, 6) is 4.99. The highest BCUT2D eigenvalue weighted by atomic mass is 79.9. The summed E-state index contributed by atoms with van der Waals surface area (Å²) in [6.07, 6.45) is 8.73. The largest absolute Gasteiger partial charge is 0.383 e. The molecular weight excluding hydrogens is 652 g/mol. The lowest BCUT2D eigenvalue weighted by Crippen LogP contribution is -2.40. The second kappa shape index (κ2) is 12.3. The summed E-state index contributed by atoms with van der Waals surface area (Å²) in [4.78, 5) is 0.600. The zero-order valence-electron chi connectivity index (χ0n) is 24.5. The lowest BCUT2D eigenvalue weighted by Gasteiger charge is -2.44. The molecule has 2 aromatic rings. The molecule has 3 saturated carbocycles. The fourth-order valence-corrected chi connectivity index (χ4v) is 13.2. The van der Waals surface area contributed by atoms with Crippen LogP contribution in [0.3, 0.4) is 0 Å². The maximum Gasteiger partial charge on any atom is 0.168 e. The average molecular weight is 694 g/mol. The molecule has 4 aliphatic rings. The number of aromatic nitrogens is 2. The van der Waals surface area contributed by atoms with Gasteiger partial charge in [-0.2, -0.15) is 22.1 Å². The van der Waals surface area contributed by atoms with Crippen molar-refractivity contribution in [3.05, 3.63) is 40.5 Å². The maximum absolute atomic E-state index is 14.1. The fraction of sp³-hybridized carbons (Fsp3) is 0.688. The van der Waals surface area contributed by atoms with Crippen molar-refractivity contribution >= 4 is 54.9 Å². The van der Waals surface area contributed by atoms with Crippen LogP contribution in [0, 0.1) is 46.8 Å². The van der Waals surface area contributed by atoms with Gasteiger partial charge in [0.1, 0.15) is 11.9 Å². The van der Waals surface area contributed by atoms with E-state index in [0.717, 1.165) is 49.2 Å². The van der Waals surface area contributed by atoms with Crippen LogP contribution < -0.4 is 5.73 Å². The maximum atomic E-state index is 14.1. The van der Waals surface area contributed by atoms with Gasteiger partial charge in [0, 0.05) is 32.3 Å². The monoisotopic (exact) mass is 692 g/mol. The number of benzene rings is 1. The van der Waals surface area contributed by atoms with Crippen molar-refractivity contribution in [1.29, 1.82) is 5.26 Å². The van der Waals surface area contributed by atoms with Gasteiger partial charge < -0.3 is 5.73 Å². The lowest BCUT2D eigenvalue weighted by molar-refractivity contribution is 0.101. The molecule has 1 saturated heterocycles. The van der Waals surface area contributed by atoms with Gasteiger partial charge in [-0.15, -0.1) is 0 Å². The Hall–Kier alpha value is -1.21. The quantitative estimate of drug-likeness (QED) is 0.237. The number of nitrogen functional groups attached to an aromatic ring is 1. The molecule has 42 heavy (non-hydrogen) atoms. The second-order valence-electron chi connectivity index (χ2n) is 13.4. The number of nitrogens with zero attached hydrogens (tertiary/aromatic N) is 3. The van der Waals surface area contributed by atoms with Crippen molar-refractivity contribution in [1.82, 2.24) is 9.78 Å². The molecule has 10 heteroatoms. The Labute approximate surface area is 268 Å². The predicted octanol–water partition coefficient (Wildman–Crippen LogP) is 7.62. The fourth-order valence-electron chi connectivity index (χ4n) is 8.85. The molecule has 1 aromatic carbocycles. The van der Waals surface area contributed by atoms with E-state index in [4.69, 9.17) is 17.3 Å². The van der Waals surface area contributed by atoms with Crippen LogP contribution in [-0.4, -0.2) is 45.0 Å². The molecule has 0 bridgehead atoms. The number of fused-ring (bicyclic) bond motifs is 2. The number of nitriles is 1. The number of alkyl halides is 1. The third-order valence-corrected chi connectivity index (χ3v) is 16.2. The van der Waals surface area contributed by atoms with Crippen molar-refractivity contribution < 1.29 is 8.42 Å². The van der Waals surface area contributed by atoms with Crippen LogP contribution in [0.5, 0.6) is 0 Å². The summed E-state index contributed by atoms with van der Waals surface area (Å²) >= 11 is 12.0. The van der Waals surface area contributed by atoms with E-state index in [0.29, 0.717) is 44.7 Å². The highest BCUT2D eigenvalue weighted by molar-refractivity contribution is 9.09. The number of nitrogens with two attached hydrogens (primary N) is 1. The first-order chi connectivity index (χ1) is 20.1. The van der Waals surface area contributed by atoms with E-state index in [1.54, 1.807) is 23.9 Å². The van der Waals surface area contributed by atoms with E-state index < -0.39 is 9.84 Å². The Balaban J connectivity index is 1.21. The summed E-state index contributed by atoms with van der Waals surface area (Å²) < 4.78 is 29.8. The molecule has 228 valence electrons. The topological polar surface area (TPSA) is 102 Å². The van der Waals surface area contributed by atoms with Crippen LogP contribution in [0.4, 0.5) is 5.82 Å². The van der Waals surface area contributed by atoms with Gasteiger partial charge in [0.2, 0.25) is 0 Å². The molecule has 1 aliphatic heterocycles. The molecule has 2 heterocycles. The van der Waals surface area contributed by atoms with Gasteiger partial charge in [-0.05, 0) is 98.7 Å². The van der Waals surface area contributed by atoms with E-state index >= 15 is 0 Å². The van der Waals surface area contributed by atoms with E-state index in [1.807, 2.05) is 12.1 Å². The molecule has 3 aliphatic carbocycles. The number of halogens is 2.